The van der Waals surface area contributed by atoms with Gasteiger partial charge in [-0.25, -0.2) is 0 Å². The second-order valence-electron chi connectivity index (χ2n) is 3.66. The first-order valence-corrected chi connectivity index (χ1v) is 6.27. The summed E-state index contributed by atoms with van der Waals surface area (Å²) in [6, 6.07) is 3.27. The minimum absolute atomic E-state index is 0.114. The summed E-state index contributed by atoms with van der Waals surface area (Å²) in [4.78, 5) is 21.0. The SMILES string of the molecule is CCNC(COc1cc(Br)cc([N+](=O)[O-])c1)C(=O)O. The molecule has 0 aliphatic heterocycles. The summed E-state index contributed by atoms with van der Waals surface area (Å²) in [5.41, 5.74) is -0.125. The molecule has 0 saturated heterocycles. The van der Waals surface area contributed by atoms with Crippen LogP contribution in [0, 0.1) is 10.1 Å². The number of ether oxygens (including phenoxy) is 1. The Balaban J connectivity index is 2.76. The molecule has 1 aromatic carbocycles. The van der Waals surface area contributed by atoms with Crippen LogP contribution in [0.5, 0.6) is 5.75 Å². The van der Waals surface area contributed by atoms with Gasteiger partial charge in [0.15, 0.2) is 0 Å². The Morgan fingerprint density at radius 1 is 1.58 bits per heavy atom. The maximum absolute atomic E-state index is 10.9. The van der Waals surface area contributed by atoms with Crippen LogP contribution < -0.4 is 10.1 Å². The number of hydrogen-bond acceptors (Lipinski definition) is 5. The largest absolute Gasteiger partial charge is 0.491 e. The molecule has 0 amide bonds. The number of benzene rings is 1. The molecular weight excluding hydrogens is 320 g/mol. The Labute approximate surface area is 117 Å². The molecule has 1 aromatic rings. The molecule has 0 heterocycles. The quantitative estimate of drug-likeness (QED) is 0.583. The Bertz CT molecular complexity index is 480. The standard InChI is InChI=1S/C11H13BrN2O5/c1-2-13-10(11(15)16)6-19-9-4-7(12)3-8(5-9)14(17)18/h3-5,10,13H,2,6H2,1H3,(H,15,16). The van der Waals surface area contributed by atoms with Crippen molar-refractivity contribution < 1.29 is 19.6 Å². The highest BCUT2D eigenvalue weighted by Gasteiger charge is 2.17. The number of carboxylic acid groups (broad SMARTS) is 1. The van der Waals surface area contributed by atoms with Gasteiger partial charge >= 0.3 is 5.97 Å². The molecule has 0 saturated carbocycles. The van der Waals surface area contributed by atoms with Crippen molar-refractivity contribution in [2.75, 3.05) is 13.2 Å². The highest BCUT2D eigenvalue weighted by atomic mass is 79.9. The van der Waals surface area contributed by atoms with Crippen LogP contribution in [0.4, 0.5) is 5.69 Å². The van der Waals surface area contributed by atoms with E-state index in [9.17, 15) is 14.9 Å². The van der Waals surface area contributed by atoms with Crippen LogP contribution in [0.1, 0.15) is 6.92 Å². The van der Waals surface area contributed by atoms with E-state index in [1.807, 2.05) is 0 Å². The van der Waals surface area contributed by atoms with Crippen LogP contribution in [0.3, 0.4) is 0 Å². The molecule has 0 bridgehead atoms. The van der Waals surface area contributed by atoms with Gasteiger partial charge in [0.2, 0.25) is 0 Å². The molecule has 0 aliphatic carbocycles. The number of hydrogen-bond donors (Lipinski definition) is 2. The molecule has 19 heavy (non-hydrogen) atoms. The molecule has 104 valence electrons. The molecule has 0 spiro atoms. The van der Waals surface area contributed by atoms with Crippen LogP contribution in [0.2, 0.25) is 0 Å². The topological polar surface area (TPSA) is 102 Å². The van der Waals surface area contributed by atoms with Gasteiger partial charge in [0.05, 0.1) is 11.0 Å². The minimum atomic E-state index is -1.04. The Hall–Kier alpha value is -1.67. The number of nitro groups is 1. The first-order valence-electron chi connectivity index (χ1n) is 5.48. The highest BCUT2D eigenvalue weighted by Crippen LogP contribution is 2.26. The summed E-state index contributed by atoms with van der Waals surface area (Å²) in [5.74, 6) is -0.795. The Morgan fingerprint density at radius 2 is 2.26 bits per heavy atom. The van der Waals surface area contributed by atoms with Crippen LogP contribution >= 0.6 is 15.9 Å². The molecule has 1 unspecified atom stereocenters. The zero-order valence-corrected chi connectivity index (χ0v) is 11.7. The van der Waals surface area contributed by atoms with E-state index >= 15 is 0 Å². The number of nitro benzene ring substituents is 1. The van der Waals surface area contributed by atoms with Crippen molar-refractivity contribution in [3.05, 3.63) is 32.8 Å². The van der Waals surface area contributed by atoms with E-state index in [0.29, 0.717) is 11.0 Å². The van der Waals surface area contributed by atoms with Crippen molar-refractivity contribution in [3.8, 4) is 5.75 Å². The zero-order chi connectivity index (χ0) is 14.4. The predicted octanol–water partition coefficient (Wildman–Crippen LogP) is 1.80. The second kappa shape index (κ2) is 7.05. The first kappa shape index (κ1) is 15.4. The minimum Gasteiger partial charge on any atom is -0.491 e. The highest BCUT2D eigenvalue weighted by molar-refractivity contribution is 9.10. The number of halogens is 1. The molecule has 0 radical (unpaired) electrons. The average molecular weight is 333 g/mol. The molecule has 0 fully saturated rings. The zero-order valence-electron chi connectivity index (χ0n) is 10.1. The lowest BCUT2D eigenvalue weighted by Gasteiger charge is -2.14. The predicted molar refractivity (Wildman–Crippen MR) is 71.4 cm³/mol. The van der Waals surface area contributed by atoms with Gasteiger partial charge in [-0.05, 0) is 12.6 Å². The number of carbonyl (C=O) groups is 1. The number of aliphatic carboxylic acids is 1. The number of nitrogens with zero attached hydrogens (tertiary/aromatic N) is 1. The summed E-state index contributed by atoms with van der Waals surface area (Å²) >= 11 is 3.13. The normalized spacial score (nSPS) is 11.9. The van der Waals surface area contributed by atoms with Gasteiger partial charge < -0.3 is 15.2 Å². The third-order valence-corrected chi connectivity index (χ3v) is 2.69. The number of likely N-dealkylation sites (N-methyl/N-ethyl adjacent to an activating group) is 1. The van der Waals surface area contributed by atoms with Crippen LogP contribution in [-0.2, 0) is 4.79 Å². The maximum atomic E-state index is 10.9. The van der Waals surface area contributed by atoms with Gasteiger partial charge in [-0.15, -0.1) is 0 Å². The van der Waals surface area contributed by atoms with Crippen LogP contribution in [0.15, 0.2) is 22.7 Å². The third-order valence-electron chi connectivity index (χ3n) is 2.23. The van der Waals surface area contributed by atoms with Crippen molar-refractivity contribution in [3.63, 3.8) is 0 Å². The number of nitrogens with one attached hydrogen (secondary N) is 1. The number of rotatable bonds is 7. The number of carboxylic acids is 1. The van der Waals surface area contributed by atoms with Crippen molar-refractivity contribution in [1.29, 1.82) is 0 Å². The number of non-ortho nitro benzene ring substituents is 1. The molecule has 0 aromatic heterocycles. The fourth-order valence-corrected chi connectivity index (χ4v) is 1.84. The summed E-state index contributed by atoms with van der Waals surface area (Å²) in [6.07, 6.45) is 0. The smallest absolute Gasteiger partial charge is 0.324 e. The van der Waals surface area contributed by atoms with Gasteiger partial charge in [-0.1, -0.05) is 22.9 Å². The summed E-state index contributed by atoms with van der Waals surface area (Å²) < 4.78 is 5.77. The van der Waals surface area contributed by atoms with Gasteiger partial charge in [-0.3, -0.25) is 14.9 Å². The molecule has 1 atom stereocenters. The van der Waals surface area contributed by atoms with Crippen molar-refractivity contribution in [2.45, 2.75) is 13.0 Å². The lowest BCUT2D eigenvalue weighted by Crippen LogP contribution is -2.41. The van der Waals surface area contributed by atoms with Crippen LogP contribution in [-0.4, -0.2) is 35.2 Å². The fourth-order valence-electron chi connectivity index (χ4n) is 1.38. The van der Waals surface area contributed by atoms with E-state index in [-0.39, 0.29) is 18.0 Å². The van der Waals surface area contributed by atoms with E-state index in [0.717, 1.165) is 0 Å². The summed E-state index contributed by atoms with van der Waals surface area (Å²) in [5, 5.41) is 22.3. The lowest BCUT2D eigenvalue weighted by atomic mass is 10.3. The fraction of sp³-hybridized carbons (Fsp3) is 0.364. The molecular formula is C11H13BrN2O5. The van der Waals surface area contributed by atoms with Gasteiger partial charge in [0, 0.05) is 10.5 Å². The second-order valence-corrected chi connectivity index (χ2v) is 4.58. The Kier molecular flexibility index (Phi) is 5.71. The van der Waals surface area contributed by atoms with E-state index in [4.69, 9.17) is 9.84 Å². The van der Waals surface area contributed by atoms with Crippen molar-refractivity contribution in [2.24, 2.45) is 0 Å². The molecule has 2 N–H and O–H groups in total. The lowest BCUT2D eigenvalue weighted by molar-refractivity contribution is -0.385. The van der Waals surface area contributed by atoms with Crippen molar-refractivity contribution in [1.82, 2.24) is 5.32 Å². The summed E-state index contributed by atoms with van der Waals surface area (Å²) in [6.45, 7) is 2.15. The van der Waals surface area contributed by atoms with E-state index in [1.54, 1.807) is 6.92 Å². The monoisotopic (exact) mass is 332 g/mol. The molecule has 1 rings (SSSR count). The van der Waals surface area contributed by atoms with Gasteiger partial charge in [0.1, 0.15) is 18.4 Å². The van der Waals surface area contributed by atoms with E-state index in [1.165, 1.54) is 18.2 Å². The van der Waals surface area contributed by atoms with E-state index in [2.05, 4.69) is 21.2 Å². The molecule has 7 nitrogen and oxygen atoms in total. The maximum Gasteiger partial charge on any atom is 0.324 e. The first-order chi connectivity index (χ1) is 8.93. The average Bonchev–Trinajstić information content (AvgIpc) is 2.33. The van der Waals surface area contributed by atoms with E-state index < -0.39 is 16.9 Å². The van der Waals surface area contributed by atoms with Crippen molar-refractivity contribution >= 4 is 27.6 Å². The van der Waals surface area contributed by atoms with Gasteiger partial charge in [-0.2, -0.15) is 0 Å². The van der Waals surface area contributed by atoms with Gasteiger partial charge in [0.25, 0.3) is 5.69 Å². The Morgan fingerprint density at radius 3 is 2.79 bits per heavy atom. The molecule has 0 aliphatic rings. The van der Waals surface area contributed by atoms with Crippen LogP contribution in [0.25, 0.3) is 0 Å². The third kappa shape index (κ3) is 4.84. The molecule has 8 heteroatoms. The summed E-state index contributed by atoms with van der Waals surface area (Å²) in [7, 11) is 0.